The molecule has 3 heterocycles. The Kier molecular flexibility index (Phi) is 4.04. The second-order valence-corrected chi connectivity index (χ2v) is 6.01. The zero-order valence-corrected chi connectivity index (χ0v) is 12.6. The number of hydrogen-bond acceptors (Lipinski definition) is 7. The molecule has 0 N–H and O–H groups in total. The Hall–Kier alpha value is -1.68. The fourth-order valence-corrected chi connectivity index (χ4v) is 3.08. The summed E-state index contributed by atoms with van der Waals surface area (Å²) >= 11 is 0.686. The summed E-state index contributed by atoms with van der Waals surface area (Å²) in [7, 11) is 0. The molecule has 10 heteroatoms. The van der Waals surface area contributed by atoms with Crippen LogP contribution in [0.4, 0.5) is 18.3 Å². The van der Waals surface area contributed by atoms with Gasteiger partial charge in [0.2, 0.25) is 5.89 Å². The Morgan fingerprint density at radius 1 is 1.27 bits per heavy atom. The van der Waals surface area contributed by atoms with Gasteiger partial charge in [-0.05, 0) is 0 Å². The number of aromatic nitrogens is 3. The number of halogens is 3. The number of aryl methyl sites for hydroxylation is 1. The standard InChI is InChI=1S/C12H14F3N5OS/c1-8-17-10(18-21-8)7-19-2-4-20(5-3-19)11-16-6-9(22-11)12(13,14)15/h6H,2-5,7H2,1H3. The SMILES string of the molecule is Cc1nc(CN2CCN(c3ncc(C(F)(F)F)s3)CC2)no1. The molecule has 120 valence electrons. The topological polar surface area (TPSA) is 58.3 Å². The fraction of sp³-hybridized carbons (Fsp3) is 0.583. The van der Waals surface area contributed by atoms with Gasteiger partial charge in [-0.15, -0.1) is 0 Å². The van der Waals surface area contributed by atoms with E-state index < -0.39 is 11.1 Å². The highest BCUT2D eigenvalue weighted by atomic mass is 32.1. The van der Waals surface area contributed by atoms with E-state index in [0.717, 1.165) is 6.20 Å². The molecule has 6 nitrogen and oxygen atoms in total. The molecule has 0 amide bonds. The molecule has 2 aromatic heterocycles. The van der Waals surface area contributed by atoms with Gasteiger partial charge in [0.05, 0.1) is 12.7 Å². The summed E-state index contributed by atoms with van der Waals surface area (Å²) in [5.41, 5.74) is 0. The maximum absolute atomic E-state index is 12.6. The highest BCUT2D eigenvalue weighted by molar-refractivity contribution is 7.15. The van der Waals surface area contributed by atoms with Gasteiger partial charge in [-0.2, -0.15) is 18.2 Å². The molecule has 0 saturated carbocycles. The molecule has 0 bridgehead atoms. The van der Waals surface area contributed by atoms with Gasteiger partial charge in [0.15, 0.2) is 11.0 Å². The smallest absolute Gasteiger partial charge is 0.346 e. The lowest BCUT2D eigenvalue weighted by Gasteiger charge is -2.33. The van der Waals surface area contributed by atoms with Crippen LogP contribution in [0.25, 0.3) is 0 Å². The second-order valence-electron chi connectivity index (χ2n) is 5.00. The maximum Gasteiger partial charge on any atom is 0.427 e. The lowest BCUT2D eigenvalue weighted by atomic mass is 10.3. The van der Waals surface area contributed by atoms with Gasteiger partial charge >= 0.3 is 6.18 Å². The number of alkyl halides is 3. The molecule has 22 heavy (non-hydrogen) atoms. The summed E-state index contributed by atoms with van der Waals surface area (Å²) < 4.78 is 42.7. The normalized spacial score (nSPS) is 17.2. The van der Waals surface area contributed by atoms with Crippen molar-refractivity contribution in [2.24, 2.45) is 0 Å². The zero-order valence-electron chi connectivity index (χ0n) is 11.8. The highest BCUT2D eigenvalue weighted by Gasteiger charge is 2.34. The number of anilines is 1. The number of nitrogens with zero attached hydrogens (tertiary/aromatic N) is 5. The van der Waals surface area contributed by atoms with Gasteiger partial charge < -0.3 is 9.42 Å². The predicted molar refractivity (Wildman–Crippen MR) is 73.6 cm³/mol. The van der Waals surface area contributed by atoms with Crippen molar-refractivity contribution in [1.29, 1.82) is 0 Å². The Bertz CT molecular complexity index is 633. The van der Waals surface area contributed by atoms with E-state index >= 15 is 0 Å². The van der Waals surface area contributed by atoms with Gasteiger partial charge in [0.1, 0.15) is 4.88 Å². The van der Waals surface area contributed by atoms with E-state index in [1.807, 2.05) is 4.90 Å². The van der Waals surface area contributed by atoms with Crippen LogP contribution in [0.2, 0.25) is 0 Å². The van der Waals surface area contributed by atoms with Crippen LogP contribution in [0.3, 0.4) is 0 Å². The van der Waals surface area contributed by atoms with E-state index in [0.29, 0.717) is 60.9 Å². The summed E-state index contributed by atoms with van der Waals surface area (Å²) in [5, 5.41) is 4.26. The van der Waals surface area contributed by atoms with Gasteiger partial charge in [-0.25, -0.2) is 4.98 Å². The first kappa shape index (κ1) is 15.2. The van der Waals surface area contributed by atoms with E-state index in [-0.39, 0.29) is 0 Å². The minimum atomic E-state index is -4.33. The first-order valence-electron chi connectivity index (χ1n) is 6.71. The molecular formula is C12H14F3N5OS. The predicted octanol–water partition coefficient (Wildman–Crippen LogP) is 2.18. The monoisotopic (exact) mass is 333 g/mol. The molecule has 0 atom stereocenters. The Morgan fingerprint density at radius 3 is 2.55 bits per heavy atom. The van der Waals surface area contributed by atoms with Gasteiger partial charge in [0, 0.05) is 33.1 Å². The number of thiazole rings is 1. The first-order chi connectivity index (χ1) is 10.4. The molecule has 1 fully saturated rings. The number of hydrogen-bond donors (Lipinski definition) is 0. The van der Waals surface area contributed by atoms with Crippen LogP contribution in [0.15, 0.2) is 10.7 Å². The first-order valence-corrected chi connectivity index (χ1v) is 7.53. The van der Waals surface area contributed by atoms with Crippen LogP contribution >= 0.6 is 11.3 Å². The van der Waals surface area contributed by atoms with E-state index in [4.69, 9.17) is 4.52 Å². The average molecular weight is 333 g/mol. The minimum Gasteiger partial charge on any atom is -0.346 e. The highest BCUT2D eigenvalue weighted by Crippen LogP contribution is 2.36. The molecule has 0 unspecified atom stereocenters. The van der Waals surface area contributed by atoms with Crippen LogP contribution < -0.4 is 4.90 Å². The lowest BCUT2D eigenvalue weighted by molar-refractivity contribution is -0.134. The minimum absolute atomic E-state index is 0.419. The van der Waals surface area contributed by atoms with Crippen molar-refractivity contribution in [3.8, 4) is 0 Å². The second kappa shape index (κ2) is 5.84. The molecule has 0 spiro atoms. The fourth-order valence-electron chi connectivity index (χ4n) is 2.24. The van der Waals surface area contributed by atoms with E-state index in [1.165, 1.54) is 0 Å². The Labute approximate surface area is 128 Å². The maximum atomic E-state index is 12.6. The average Bonchev–Trinajstić information content (AvgIpc) is 3.08. The number of rotatable bonds is 3. The van der Waals surface area contributed by atoms with E-state index in [2.05, 4.69) is 20.0 Å². The third-order valence-electron chi connectivity index (χ3n) is 3.35. The van der Waals surface area contributed by atoms with Crippen molar-refractivity contribution >= 4 is 16.5 Å². The molecular weight excluding hydrogens is 319 g/mol. The van der Waals surface area contributed by atoms with Crippen LogP contribution in [-0.2, 0) is 12.7 Å². The molecule has 3 rings (SSSR count). The van der Waals surface area contributed by atoms with Crippen LogP contribution in [-0.4, -0.2) is 46.2 Å². The van der Waals surface area contributed by atoms with Crippen molar-refractivity contribution < 1.29 is 17.7 Å². The number of piperazine rings is 1. The summed E-state index contributed by atoms with van der Waals surface area (Å²) in [6, 6.07) is 0. The van der Waals surface area contributed by atoms with Crippen molar-refractivity contribution in [3.05, 3.63) is 22.8 Å². The zero-order chi connectivity index (χ0) is 15.7. The molecule has 1 aliphatic rings. The third kappa shape index (κ3) is 3.38. The molecule has 2 aromatic rings. The molecule has 0 radical (unpaired) electrons. The lowest BCUT2D eigenvalue weighted by Crippen LogP contribution is -2.46. The summed E-state index contributed by atoms with van der Waals surface area (Å²) in [5.74, 6) is 1.15. The van der Waals surface area contributed by atoms with Crippen LogP contribution in [0.5, 0.6) is 0 Å². The van der Waals surface area contributed by atoms with Gasteiger partial charge in [0.25, 0.3) is 0 Å². The van der Waals surface area contributed by atoms with Crippen molar-refractivity contribution in [1.82, 2.24) is 20.0 Å². The van der Waals surface area contributed by atoms with Gasteiger partial charge in [-0.1, -0.05) is 16.5 Å². The van der Waals surface area contributed by atoms with Crippen molar-refractivity contribution in [3.63, 3.8) is 0 Å². The summed E-state index contributed by atoms with van der Waals surface area (Å²) in [4.78, 5) is 11.4. The van der Waals surface area contributed by atoms with Gasteiger partial charge in [-0.3, -0.25) is 4.90 Å². The van der Waals surface area contributed by atoms with Crippen LogP contribution in [0.1, 0.15) is 16.6 Å². The summed E-state index contributed by atoms with van der Waals surface area (Å²) in [6.45, 7) is 5.00. The molecule has 1 aliphatic heterocycles. The molecule has 1 saturated heterocycles. The summed E-state index contributed by atoms with van der Waals surface area (Å²) in [6.07, 6.45) is -3.43. The Balaban J connectivity index is 1.56. The quantitative estimate of drug-likeness (QED) is 0.858. The molecule has 0 aliphatic carbocycles. The Morgan fingerprint density at radius 2 is 2.00 bits per heavy atom. The van der Waals surface area contributed by atoms with E-state index in [9.17, 15) is 13.2 Å². The molecule has 0 aromatic carbocycles. The van der Waals surface area contributed by atoms with Crippen LogP contribution in [0, 0.1) is 6.92 Å². The third-order valence-corrected chi connectivity index (χ3v) is 4.45. The van der Waals surface area contributed by atoms with E-state index in [1.54, 1.807) is 6.92 Å². The van der Waals surface area contributed by atoms with Crippen molar-refractivity contribution in [2.45, 2.75) is 19.6 Å². The van der Waals surface area contributed by atoms with Crippen molar-refractivity contribution in [2.75, 3.05) is 31.1 Å². The largest absolute Gasteiger partial charge is 0.427 e.